The van der Waals surface area contributed by atoms with Crippen molar-refractivity contribution in [2.45, 2.75) is 17.4 Å². The van der Waals surface area contributed by atoms with Crippen LogP contribution in [0.3, 0.4) is 0 Å². The van der Waals surface area contributed by atoms with Crippen molar-refractivity contribution in [1.29, 1.82) is 0 Å². The molecule has 3 rings (SSSR count). The molecule has 1 saturated heterocycles. The molecule has 4 amide bonds. The first-order valence-electron chi connectivity index (χ1n) is 9.28. The Morgan fingerprint density at radius 1 is 1.12 bits per heavy atom. The van der Waals surface area contributed by atoms with Gasteiger partial charge in [-0.25, -0.2) is 17.5 Å². The van der Waals surface area contributed by atoms with Crippen LogP contribution in [0.2, 0.25) is 10.0 Å². The molecule has 1 heterocycles. The third-order valence-electron chi connectivity index (χ3n) is 4.99. The maximum absolute atomic E-state index is 13.0. The lowest BCUT2D eigenvalue weighted by Crippen LogP contribution is -2.42. The fraction of sp³-hybridized carbons (Fsp3) is 0.250. The number of carbonyl (C=O) groups excluding carboxylic acids is 3. The molecule has 1 aliphatic heterocycles. The maximum Gasteiger partial charge on any atom is 0.325 e. The van der Waals surface area contributed by atoms with Crippen molar-refractivity contribution in [1.82, 2.24) is 14.5 Å². The molecule has 32 heavy (non-hydrogen) atoms. The highest BCUT2D eigenvalue weighted by atomic mass is 35.5. The van der Waals surface area contributed by atoms with E-state index in [0.29, 0.717) is 10.6 Å². The van der Waals surface area contributed by atoms with Crippen molar-refractivity contribution in [2.75, 3.05) is 26.0 Å². The molecule has 9 nitrogen and oxygen atoms in total. The summed E-state index contributed by atoms with van der Waals surface area (Å²) in [7, 11) is -1.01. The second-order valence-electron chi connectivity index (χ2n) is 7.43. The van der Waals surface area contributed by atoms with Crippen LogP contribution in [-0.2, 0) is 25.2 Å². The van der Waals surface area contributed by atoms with Gasteiger partial charge in [-0.3, -0.25) is 14.5 Å². The Labute approximate surface area is 195 Å². The van der Waals surface area contributed by atoms with Gasteiger partial charge < -0.3 is 10.6 Å². The molecule has 2 aromatic carbocycles. The molecule has 0 unspecified atom stereocenters. The lowest BCUT2D eigenvalue weighted by atomic mass is 9.92. The number of sulfonamides is 1. The van der Waals surface area contributed by atoms with E-state index in [1.165, 1.54) is 39.2 Å². The number of anilines is 1. The molecule has 12 heteroatoms. The van der Waals surface area contributed by atoms with Crippen LogP contribution in [0.15, 0.2) is 47.4 Å². The van der Waals surface area contributed by atoms with E-state index >= 15 is 0 Å². The lowest BCUT2D eigenvalue weighted by molar-refractivity contribution is -0.133. The number of benzene rings is 2. The number of halogens is 2. The SMILES string of the molecule is CN(C)S(=O)(=O)c1ccc(Cl)c(NC(=O)CN2C(=O)N[C@](C)(c3ccc(Cl)cc3)C2=O)c1. The van der Waals surface area contributed by atoms with Crippen molar-refractivity contribution in [3.63, 3.8) is 0 Å². The van der Waals surface area contributed by atoms with E-state index in [-0.39, 0.29) is 15.6 Å². The molecule has 170 valence electrons. The Morgan fingerprint density at radius 2 is 1.75 bits per heavy atom. The summed E-state index contributed by atoms with van der Waals surface area (Å²) in [5.74, 6) is -1.34. The molecular formula is C20H20Cl2N4O5S. The number of rotatable bonds is 6. The quantitative estimate of drug-likeness (QED) is 0.593. The molecule has 1 fully saturated rings. The van der Waals surface area contributed by atoms with Crippen LogP contribution in [0.5, 0.6) is 0 Å². The van der Waals surface area contributed by atoms with Crippen molar-refractivity contribution < 1.29 is 22.8 Å². The van der Waals surface area contributed by atoms with Crippen LogP contribution < -0.4 is 10.6 Å². The van der Waals surface area contributed by atoms with Gasteiger partial charge in [0.2, 0.25) is 15.9 Å². The molecule has 1 atom stereocenters. The van der Waals surface area contributed by atoms with E-state index in [4.69, 9.17) is 23.2 Å². The fourth-order valence-electron chi connectivity index (χ4n) is 3.12. The van der Waals surface area contributed by atoms with Gasteiger partial charge in [0.15, 0.2) is 0 Å². The topological polar surface area (TPSA) is 116 Å². The minimum absolute atomic E-state index is 0.0344. The van der Waals surface area contributed by atoms with Crippen molar-refractivity contribution in [2.24, 2.45) is 0 Å². The largest absolute Gasteiger partial charge is 0.325 e. The molecule has 0 bridgehead atoms. The predicted octanol–water partition coefficient (Wildman–Crippen LogP) is 2.65. The van der Waals surface area contributed by atoms with E-state index in [2.05, 4.69) is 10.6 Å². The van der Waals surface area contributed by atoms with Gasteiger partial charge >= 0.3 is 6.03 Å². The number of carbonyl (C=O) groups is 3. The molecule has 0 aromatic heterocycles. The Morgan fingerprint density at radius 3 is 2.34 bits per heavy atom. The van der Waals surface area contributed by atoms with Crippen molar-refractivity contribution >= 4 is 56.8 Å². The van der Waals surface area contributed by atoms with Crippen LogP contribution in [-0.4, -0.2) is 56.1 Å². The second kappa shape index (κ2) is 8.70. The van der Waals surface area contributed by atoms with Gasteiger partial charge in [-0.15, -0.1) is 0 Å². The standard InChI is InChI=1S/C20H20Cl2N4O5S/c1-20(12-4-6-13(21)7-5-12)18(28)26(19(29)24-20)11-17(27)23-16-10-14(8-9-15(16)22)32(30,31)25(2)3/h4-10H,11H2,1-3H3,(H,23,27)(H,24,29)/t20-/m1/s1. The summed E-state index contributed by atoms with van der Waals surface area (Å²) >= 11 is 12.0. The Balaban J connectivity index is 1.79. The fourth-order valence-corrected chi connectivity index (χ4v) is 4.34. The zero-order chi connectivity index (χ0) is 23.8. The van der Waals surface area contributed by atoms with Crippen LogP contribution in [0.25, 0.3) is 0 Å². The summed E-state index contributed by atoms with van der Waals surface area (Å²) in [5.41, 5.74) is -0.820. The summed E-state index contributed by atoms with van der Waals surface area (Å²) < 4.78 is 25.7. The molecular weight excluding hydrogens is 479 g/mol. The predicted molar refractivity (Wildman–Crippen MR) is 120 cm³/mol. The van der Waals surface area contributed by atoms with Crippen LogP contribution in [0, 0.1) is 0 Å². The summed E-state index contributed by atoms with van der Waals surface area (Å²) in [4.78, 5) is 38.7. The minimum atomic E-state index is -3.76. The van der Waals surface area contributed by atoms with E-state index in [1.54, 1.807) is 24.3 Å². The first kappa shape index (κ1) is 24.0. The zero-order valence-corrected chi connectivity index (χ0v) is 19.7. The third kappa shape index (κ3) is 4.44. The minimum Gasteiger partial charge on any atom is -0.323 e. The number of nitrogens with one attached hydrogen (secondary N) is 2. The van der Waals surface area contributed by atoms with E-state index in [0.717, 1.165) is 9.21 Å². The van der Waals surface area contributed by atoms with Gasteiger partial charge in [0.1, 0.15) is 12.1 Å². The van der Waals surface area contributed by atoms with Crippen LogP contribution in [0.1, 0.15) is 12.5 Å². The summed E-state index contributed by atoms with van der Waals surface area (Å²) in [6.07, 6.45) is 0. The number of imide groups is 1. The van der Waals surface area contributed by atoms with Gasteiger partial charge in [0.25, 0.3) is 5.91 Å². The summed E-state index contributed by atoms with van der Waals surface area (Å²) in [6.45, 7) is 0.940. The van der Waals surface area contributed by atoms with E-state index in [9.17, 15) is 22.8 Å². The van der Waals surface area contributed by atoms with Crippen LogP contribution in [0.4, 0.5) is 10.5 Å². The van der Waals surface area contributed by atoms with Gasteiger partial charge in [0, 0.05) is 19.1 Å². The van der Waals surface area contributed by atoms with Gasteiger partial charge in [0.05, 0.1) is 15.6 Å². The van der Waals surface area contributed by atoms with Crippen LogP contribution >= 0.6 is 23.2 Å². The number of nitrogens with zero attached hydrogens (tertiary/aromatic N) is 2. The summed E-state index contributed by atoms with van der Waals surface area (Å²) in [6, 6.07) is 9.51. The highest BCUT2D eigenvalue weighted by molar-refractivity contribution is 7.89. The van der Waals surface area contributed by atoms with Crippen molar-refractivity contribution in [3.05, 3.63) is 58.1 Å². The Kier molecular flexibility index (Phi) is 6.52. The van der Waals surface area contributed by atoms with Crippen molar-refractivity contribution in [3.8, 4) is 0 Å². The Hall–Kier alpha value is -2.66. The molecule has 0 aliphatic carbocycles. The number of hydrogen-bond acceptors (Lipinski definition) is 5. The van der Waals surface area contributed by atoms with Gasteiger partial charge in [-0.05, 0) is 42.8 Å². The molecule has 2 aromatic rings. The maximum atomic E-state index is 13.0. The number of urea groups is 1. The first-order valence-corrected chi connectivity index (χ1v) is 11.5. The smallest absolute Gasteiger partial charge is 0.323 e. The number of amides is 4. The second-order valence-corrected chi connectivity index (χ2v) is 10.4. The molecule has 1 aliphatic rings. The average Bonchev–Trinajstić information content (AvgIpc) is 2.93. The van der Waals surface area contributed by atoms with E-state index < -0.39 is 40.0 Å². The highest BCUT2D eigenvalue weighted by Gasteiger charge is 2.49. The van der Waals surface area contributed by atoms with E-state index in [1.807, 2.05) is 0 Å². The Bertz CT molecular complexity index is 1200. The third-order valence-corrected chi connectivity index (χ3v) is 7.38. The normalized spacial score (nSPS) is 18.8. The lowest BCUT2D eigenvalue weighted by Gasteiger charge is -2.22. The monoisotopic (exact) mass is 498 g/mol. The molecule has 0 radical (unpaired) electrons. The molecule has 0 saturated carbocycles. The first-order chi connectivity index (χ1) is 14.9. The highest BCUT2D eigenvalue weighted by Crippen LogP contribution is 2.30. The average molecular weight is 499 g/mol. The van der Waals surface area contributed by atoms with Gasteiger partial charge in [-0.2, -0.15) is 0 Å². The molecule has 0 spiro atoms. The number of hydrogen-bond donors (Lipinski definition) is 2. The zero-order valence-electron chi connectivity index (χ0n) is 17.3. The molecule has 2 N–H and O–H groups in total. The van der Waals surface area contributed by atoms with Gasteiger partial charge in [-0.1, -0.05) is 35.3 Å². The summed E-state index contributed by atoms with van der Waals surface area (Å²) in [5, 5.41) is 5.62.